The zero-order valence-electron chi connectivity index (χ0n) is 12.7. The minimum absolute atomic E-state index is 0.154. The van der Waals surface area contributed by atoms with Crippen molar-refractivity contribution in [2.24, 2.45) is 0 Å². The highest BCUT2D eigenvalue weighted by Crippen LogP contribution is 2.15. The Bertz CT molecular complexity index is 564. The maximum absolute atomic E-state index is 11.6. The van der Waals surface area contributed by atoms with E-state index in [1.54, 1.807) is 0 Å². The van der Waals surface area contributed by atoms with Crippen molar-refractivity contribution in [2.75, 3.05) is 13.2 Å². The van der Waals surface area contributed by atoms with Crippen molar-refractivity contribution in [1.29, 1.82) is 0 Å². The number of H-pyrrole nitrogens is 2. The molecule has 1 heterocycles. The molecule has 0 unspecified atom stereocenters. The molecule has 0 spiro atoms. The lowest BCUT2D eigenvalue weighted by atomic mass is 10.5. The number of hydrogen-bond donors (Lipinski definition) is 2. The molecule has 0 atom stereocenters. The fourth-order valence-electron chi connectivity index (χ4n) is 1.79. The van der Waals surface area contributed by atoms with E-state index in [1.807, 2.05) is 30.4 Å². The van der Waals surface area contributed by atoms with Gasteiger partial charge in [0.15, 0.2) is 0 Å². The predicted octanol–water partition coefficient (Wildman–Crippen LogP) is 0.150. The highest BCUT2D eigenvalue weighted by molar-refractivity contribution is 6.66. The molecule has 0 aromatic carbocycles. The smallest absolute Gasteiger partial charge is 0.336 e. The van der Waals surface area contributed by atoms with Crippen LogP contribution in [0.5, 0.6) is 0 Å². The van der Waals surface area contributed by atoms with E-state index < -0.39 is 25.6 Å². The van der Waals surface area contributed by atoms with Crippen molar-refractivity contribution in [3.8, 4) is 0 Å². The van der Waals surface area contributed by atoms with Gasteiger partial charge in [0.2, 0.25) is 0 Å². The van der Waals surface area contributed by atoms with Gasteiger partial charge in [-0.2, -0.15) is 0 Å². The first-order valence-electron chi connectivity index (χ1n) is 7.13. The second kappa shape index (κ2) is 8.10. The van der Waals surface area contributed by atoms with E-state index in [2.05, 4.69) is 0 Å². The summed E-state index contributed by atoms with van der Waals surface area (Å²) in [5, 5.41) is 0. The molecule has 0 aliphatic heterocycles. The van der Waals surface area contributed by atoms with Crippen molar-refractivity contribution in [3.63, 3.8) is 0 Å². The third kappa shape index (κ3) is 5.44. The van der Waals surface area contributed by atoms with Gasteiger partial charge in [0.1, 0.15) is 0 Å². The maximum atomic E-state index is 11.6. The Labute approximate surface area is 123 Å². The highest BCUT2D eigenvalue weighted by atomic mass is 28.4. The van der Waals surface area contributed by atoms with Crippen molar-refractivity contribution in [1.82, 2.24) is 14.5 Å². The molecule has 120 valence electrons. The summed E-state index contributed by atoms with van der Waals surface area (Å²) in [5.41, 5.74) is -2.23. The van der Waals surface area contributed by atoms with Gasteiger partial charge >= 0.3 is 25.6 Å². The maximum Gasteiger partial charge on any atom is 0.336 e. The molecule has 21 heavy (non-hydrogen) atoms. The highest BCUT2D eigenvalue weighted by Gasteiger charge is 2.31. The number of rotatable bonds is 9. The lowest BCUT2D eigenvalue weighted by Crippen LogP contribution is -2.46. The Kier molecular flexibility index (Phi) is 6.79. The summed E-state index contributed by atoms with van der Waals surface area (Å²) in [7, 11) is -2.44. The van der Waals surface area contributed by atoms with Crippen LogP contribution in [0, 0.1) is 0 Å². The monoisotopic (exact) mass is 317 g/mol. The normalized spacial score (nSPS) is 11.8. The first-order chi connectivity index (χ1) is 9.91. The van der Waals surface area contributed by atoms with Gasteiger partial charge in [-0.1, -0.05) is 13.8 Å². The summed E-state index contributed by atoms with van der Waals surface area (Å²) in [6.45, 7) is 7.26. The summed E-state index contributed by atoms with van der Waals surface area (Å²) >= 11 is 0. The van der Waals surface area contributed by atoms with Gasteiger partial charge in [0.05, 0.1) is 0 Å². The Morgan fingerprint density at radius 3 is 1.90 bits per heavy atom. The van der Waals surface area contributed by atoms with Crippen LogP contribution in [-0.4, -0.2) is 36.3 Å². The van der Waals surface area contributed by atoms with Crippen molar-refractivity contribution in [2.45, 2.75) is 45.8 Å². The van der Waals surface area contributed by atoms with Crippen molar-refractivity contribution in [3.05, 3.63) is 31.5 Å². The molecule has 0 saturated heterocycles. The molecule has 9 heteroatoms. The molecule has 0 radical (unpaired) electrons. The van der Waals surface area contributed by atoms with E-state index in [0.717, 1.165) is 17.4 Å². The molecular weight excluding hydrogens is 294 g/mol. The number of nitrogens with zero attached hydrogens (tertiary/aromatic N) is 1. The molecular formula is C12H23N3O5Si. The second-order valence-electron chi connectivity index (χ2n) is 4.92. The number of nitrogens with one attached hydrogen (secondary N) is 2. The minimum atomic E-state index is -2.44. The average Bonchev–Trinajstić information content (AvgIpc) is 2.42. The first kappa shape index (κ1) is 17.6. The summed E-state index contributed by atoms with van der Waals surface area (Å²) in [5.74, 6) is 0. The Morgan fingerprint density at radius 1 is 1.00 bits per heavy atom. The van der Waals surface area contributed by atoms with Crippen LogP contribution >= 0.6 is 0 Å². The topological polar surface area (TPSA) is 106 Å². The van der Waals surface area contributed by atoms with Gasteiger partial charge < -0.3 is 8.85 Å². The van der Waals surface area contributed by atoms with Gasteiger partial charge in [-0.3, -0.25) is 9.97 Å². The lowest BCUT2D eigenvalue weighted by molar-refractivity contribution is 0.171. The van der Waals surface area contributed by atoms with E-state index in [1.165, 1.54) is 0 Å². The zero-order chi connectivity index (χ0) is 15.9. The lowest BCUT2D eigenvalue weighted by Gasteiger charge is -2.26. The van der Waals surface area contributed by atoms with E-state index in [4.69, 9.17) is 8.85 Å². The van der Waals surface area contributed by atoms with Crippen molar-refractivity contribution >= 4 is 8.56 Å². The van der Waals surface area contributed by atoms with E-state index in [0.29, 0.717) is 19.3 Å². The van der Waals surface area contributed by atoms with Gasteiger partial charge in [-0.05, 0) is 19.4 Å². The molecule has 0 fully saturated rings. The van der Waals surface area contributed by atoms with Crippen LogP contribution in [0.3, 0.4) is 0 Å². The van der Waals surface area contributed by atoms with Crippen LogP contribution in [0.4, 0.5) is 0 Å². The third-order valence-electron chi connectivity index (χ3n) is 2.94. The van der Waals surface area contributed by atoms with Gasteiger partial charge in [-0.15, -0.1) is 0 Å². The number of aromatic nitrogens is 3. The molecule has 0 amide bonds. The fourth-order valence-corrected chi connectivity index (χ4v) is 4.07. The second-order valence-corrected chi connectivity index (χ2v) is 8.27. The van der Waals surface area contributed by atoms with Gasteiger partial charge in [-0.25, -0.2) is 19.0 Å². The predicted molar refractivity (Wildman–Crippen MR) is 80.9 cm³/mol. The van der Waals surface area contributed by atoms with Crippen LogP contribution in [0.25, 0.3) is 0 Å². The fraction of sp³-hybridized carbons (Fsp3) is 0.750. The molecule has 2 N–H and O–H groups in total. The summed E-state index contributed by atoms with van der Waals surface area (Å²) in [6.07, 6.45) is 1.74. The van der Waals surface area contributed by atoms with Crippen LogP contribution in [0.1, 0.15) is 26.7 Å². The molecule has 8 nitrogen and oxygen atoms in total. The number of hydrogen-bond acceptors (Lipinski definition) is 5. The quantitative estimate of drug-likeness (QED) is 0.631. The molecule has 1 rings (SSSR count). The van der Waals surface area contributed by atoms with Crippen LogP contribution in [0.15, 0.2) is 14.4 Å². The standard InChI is InChI=1S/C12H23N3O5Si/c1-4-7-19-21(3,20-8-5-2)9-6-15-11(17)13-10(16)14-12(15)18/h4-9H2,1-3H3,(H2,13,14,16,17,18). The van der Waals surface area contributed by atoms with Crippen LogP contribution in [-0.2, 0) is 15.4 Å². The minimum Gasteiger partial charge on any atom is -0.394 e. The number of aromatic amines is 2. The third-order valence-corrected chi connectivity index (χ3v) is 5.71. The van der Waals surface area contributed by atoms with Crippen LogP contribution in [0.2, 0.25) is 12.6 Å². The van der Waals surface area contributed by atoms with E-state index in [-0.39, 0.29) is 6.54 Å². The zero-order valence-corrected chi connectivity index (χ0v) is 13.7. The molecule has 0 saturated carbocycles. The summed E-state index contributed by atoms with van der Waals surface area (Å²) < 4.78 is 12.6. The first-order valence-corrected chi connectivity index (χ1v) is 9.65. The molecule has 0 aliphatic carbocycles. The molecule has 0 bridgehead atoms. The van der Waals surface area contributed by atoms with Crippen LogP contribution < -0.4 is 17.1 Å². The molecule has 0 aliphatic rings. The summed E-state index contributed by atoms with van der Waals surface area (Å²) in [6, 6.07) is 0.460. The average molecular weight is 317 g/mol. The van der Waals surface area contributed by atoms with Gasteiger partial charge in [0, 0.05) is 25.8 Å². The molecule has 1 aromatic rings. The SMILES string of the molecule is CCCO[Si](C)(CCn1c(=O)[nH]c(=O)[nH]c1=O)OCCC. The van der Waals surface area contributed by atoms with Gasteiger partial charge in [0.25, 0.3) is 0 Å². The Hall–Kier alpha value is -1.45. The molecule has 1 aromatic heterocycles. The largest absolute Gasteiger partial charge is 0.394 e. The van der Waals surface area contributed by atoms with Crippen molar-refractivity contribution < 1.29 is 8.85 Å². The summed E-state index contributed by atoms with van der Waals surface area (Å²) in [4.78, 5) is 38.3. The van der Waals surface area contributed by atoms with E-state index >= 15 is 0 Å². The van der Waals surface area contributed by atoms with E-state index in [9.17, 15) is 14.4 Å². The Morgan fingerprint density at radius 2 is 1.48 bits per heavy atom. The Balaban J connectivity index is 2.83.